The minimum absolute atomic E-state index is 0.423. The normalized spacial score (nSPS) is 11.5. The fourth-order valence-corrected chi connectivity index (χ4v) is 2.21. The molecule has 0 aliphatic heterocycles. The van der Waals surface area contributed by atoms with Crippen LogP contribution in [0.15, 0.2) is 42.5 Å². The van der Waals surface area contributed by atoms with Crippen LogP contribution >= 0.6 is 0 Å². The van der Waals surface area contributed by atoms with Gasteiger partial charge in [0.25, 0.3) is 0 Å². The Labute approximate surface area is 133 Å². The topological polar surface area (TPSA) is 18.5 Å². The van der Waals surface area contributed by atoms with Gasteiger partial charge >= 0.3 is 6.18 Å². The van der Waals surface area contributed by atoms with E-state index >= 15 is 0 Å². The molecule has 0 aromatic heterocycles. The Hall–Kier alpha value is -2.01. The van der Waals surface area contributed by atoms with Crippen LogP contribution in [-0.4, -0.2) is 13.7 Å². The molecular weight excluding hydrogens is 305 g/mol. The van der Waals surface area contributed by atoms with E-state index in [1.807, 2.05) is 25.1 Å². The molecule has 0 aliphatic rings. The molecule has 0 saturated heterocycles. The lowest BCUT2D eigenvalue weighted by Gasteiger charge is -2.13. The van der Waals surface area contributed by atoms with Gasteiger partial charge in [-0.1, -0.05) is 31.2 Å². The van der Waals surface area contributed by atoms with Gasteiger partial charge in [0.2, 0.25) is 0 Å². The summed E-state index contributed by atoms with van der Waals surface area (Å²) in [5.74, 6) is 0.700. The second-order valence-corrected chi connectivity index (χ2v) is 5.18. The van der Waals surface area contributed by atoms with Crippen LogP contribution in [0.25, 0.3) is 11.1 Å². The van der Waals surface area contributed by atoms with Crippen molar-refractivity contribution in [3.8, 4) is 16.9 Å². The fraction of sp³-hybridized carbons (Fsp3) is 0.333. The number of hydrogen-bond donors (Lipinski definition) is 0. The zero-order valence-electron chi connectivity index (χ0n) is 13.1. The summed E-state index contributed by atoms with van der Waals surface area (Å²) in [5, 5.41) is 0. The number of alkyl halides is 3. The molecule has 124 valence electrons. The summed E-state index contributed by atoms with van der Waals surface area (Å²) < 4.78 is 48.7. The highest BCUT2D eigenvalue weighted by Crippen LogP contribution is 2.32. The first-order chi connectivity index (χ1) is 11.0. The summed E-state index contributed by atoms with van der Waals surface area (Å²) in [4.78, 5) is 0. The van der Waals surface area contributed by atoms with Gasteiger partial charge in [0.05, 0.1) is 18.8 Å². The Bertz CT molecular complexity index is 634. The molecule has 2 aromatic rings. The number of halogens is 3. The molecule has 0 saturated carbocycles. The minimum atomic E-state index is -4.32. The second-order valence-electron chi connectivity index (χ2n) is 5.18. The highest BCUT2D eigenvalue weighted by molar-refractivity contribution is 5.66. The van der Waals surface area contributed by atoms with Crippen LogP contribution in [-0.2, 0) is 17.5 Å². The van der Waals surface area contributed by atoms with E-state index in [1.54, 1.807) is 7.11 Å². The molecule has 0 N–H and O–H groups in total. The zero-order valence-corrected chi connectivity index (χ0v) is 13.1. The van der Waals surface area contributed by atoms with Crippen molar-refractivity contribution in [2.24, 2.45) is 0 Å². The van der Waals surface area contributed by atoms with E-state index in [2.05, 4.69) is 0 Å². The molecule has 0 aliphatic carbocycles. The van der Waals surface area contributed by atoms with Gasteiger partial charge in [-0.25, -0.2) is 0 Å². The van der Waals surface area contributed by atoms with Gasteiger partial charge in [-0.2, -0.15) is 13.2 Å². The number of benzene rings is 2. The largest absolute Gasteiger partial charge is 0.493 e. The van der Waals surface area contributed by atoms with E-state index in [-0.39, 0.29) is 0 Å². The molecule has 23 heavy (non-hydrogen) atoms. The van der Waals surface area contributed by atoms with Gasteiger partial charge in [0, 0.05) is 12.7 Å². The quantitative estimate of drug-likeness (QED) is 0.717. The monoisotopic (exact) mass is 324 g/mol. The van der Waals surface area contributed by atoms with E-state index in [9.17, 15) is 13.2 Å². The molecule has 0 bridgehead atoms. The van der Waals surface area contributed by atoms with Crippen molar-refractivity contribution >= 4 is 0 Å². The van der Waals surface area contributed by atoms with Gasteiger partial charge in [-0.3, -0.25) is 0 Å². The third kappa shape index (κ3) is 4.48. The number of hydrogen-bond acceptors (Lipinski definition) is 2. The predicted octanol–water partition coefficient (Wildman–Crippen LogP) is 5.31. The first-order valence-electron chi connectivity index (χ1n) is 7.38. The summed E-state index contributed by atoms with van der Waals surface area (Å²) in [6, 6.07) is 10.7. The molecule has 2 aromatic carbocycles. The first kappa shape index (κ1) is 17.3. The highest BCUT2D eigenvalue weighted by Gasteiger charge is 2.29. The molecule has 0 unspecified atom stereocenters. The smallest absolute Gasteiger partial charge is 0.416 e. The molecule has 0 atom stereocenters. The third-order valence-corrected chi connectivity index (χ3v) is 3.37. The Morgan fingerprint density at radius 1 is 0.957 bits per heavy atom. The number of ether oxygens (including phenoxy) is 2. The molecular formula is C18H19F3O2. The van der Waals surface area contributed by atoms with Crippen molar-refractivity contribution in [3.05, 3.63) is 53.6 Å². The fourth-order valence-electron chi connectivity index (χ4n) is 2.21. The van der Waals surface area contributed by atoms with Crippen LogP contribution in [0.1, 0.15) is 24.5 Å². The Morgan fingerprint density at radius 2 is 1.61 bits per heavy atom. The van der Waals surface area contributed by atoms with E-state index in [0.717, 1.165) is 29.7 Å². The number of rotatable bonds is 6. The lowest BCUT2D eigenvalue weighted by Crippen LogP contribution is -2.04. The van der Waals surface area contributed by atoms with Crippen molar-refractivity contribution in [2.45, 2.75) is 26.1 Å². The molecule has 2 rings (SSSR count). The summed E-state index contributed by atoms with van der Waals surface area (Å²) in [7, 11) is 1.60. The Kier molecular flexibility index (Phi) is 5.66. The van der Waals surface area contributed by atoms with Crippen LogP contribution < -0.4 is 4.74 Å². The van der Waals surface area contributed by atoms with Crippen molar-refractivity contribution in [3.63, 3.8) is 0 Å². The standard InChI is InChI=1S/C18H19F3O2/c1-3-10-23-17-11-14(4-5-15(17)12-22-2)13-6-8-16(9-7-13)18(19,20)21/h4-9,11H,3,10,12H2,1-2H3. The van der Waals surface area contributed by atoms with Gasteiger partial charge < -0.3 is 9.47 Å². The molecule has 0 radical (unpaired) electrons. The summed E-state index contributed by atoms with van der Waals surface area (Å²) in [6.07, 6.45) is -3.45. The van der Waals surface area contributed by atoms with Crippen molar-refractivity contribution in [2.75, 3.05) is 13.7 Å². The maximum atomic E-state index is 12.6. The van der Waals surface area contributed by atoms with Crippen molar-refractivity contribution in [1.82, 2.24) is 0 Å². The molecule has 0 spiro atoms. The van der Waals surface area contributed by atoms with E-state index in [1.165, 1.54) is 12.1 Å². The predicted molar refractivity (Wildman–Crippen MR) is 83.4 cm³/mol. The summed E-state index contributed by atoms with van der Waals surface area (Å²) in [5.41, 5.74) is 1.78. The Balaban J connectivity index is 2.31. The van der Waals surface area contributed by atoms with Crippen molar-refractivity contribution in [1.29, 1.82) is 0 Å². The van der Waals surface area contributed by atoms with E-state index in [4.69, 9.17) is 9.47 Å². The minimum Gasteiger partial charge on any atom is -0.493 e. The average Bonchev–Trinajstić information content (AvgIpc) is 2.53. The second kappa shape index (κ2) is 7.51. The van der Waals surface area contributed by atoms with Crippen LogP contribution in [0.3, 0.4) is 0 Å². The molecule has 0 fully saturated rings. The van der Waals surface area contributed by atoms with Gasteiger partial charge in [0.1, 0.15) is 5.75 Å². The molecule has 0 heterocycles. The van der Waals surface area contributed by atoms with Gasteiger partial charge in [0.15, 0.2) is 0 Å². The van der Waals surface area contributed by atoms with E-state index in [0.29, 0.717) is 24.5 Å². The Morgan fingerprint density at radius 3 is 2.17 bits per heavy atom. The maximum absolute atomic E-state index is 12.6. The van der Waals surface area contributed by atoms with Gasteiger partial charge in [-0.15, -0.1) is 0 Å². The summed E-state index contributed by atoms with van der Waals surface area (Å²) >= 11 is 0. The van der Waals surface area contributed by atoms with Crippen LogP contribution in [0.4, 0.5) is 13.2 Å². The lowest BCUT2D eigenvalue weighted by atomic mass is 10.0. The third-order valence-electron chi connectivity index (χ3n) is 3.37. The first-order valence-corrected chi connectivity index (χ1v) is 7.38. The zero-order chi connectivity index (χ0) is 16.9. The summed E-state index contributed by atoms with van der Waals surface area (Å²) in [6.45, 7) is 3.01. The van der Waals surface area contributed by atoms with Crippen LogP contribution in [0.2, 0.25) is 0 Å². The average molecular weight is 324 g/mol. The molecule has 2 nitrogen and oxygen atoms in total. The highest BCUT2D eigenvalue weighted by atomic mass is 19.4. The SMILES string of the molecule is CCCOc1cc(-c2ccc(C(F)(F)F)cc2)ccc1COC. The van der Waals surface area contributed by atoms with E-state index < -0.39 is 11.7 Å². The number of methoxy groups -OCH3 is 1. The molecule has 5 heteroatoms. The van der Waals surface area contributed by atoms with Crippen molar-refractivity contribution < 1.29 is 22.6 Å². The molecule has 0 amide bonds. The van der Waals surface area contributed by atoms with Gasteiger partial charge in [-0.05, 0) is 35.7 Å². The van der Waals surface area contributed by atoms with Crippen LogP contribution in [0, 0.1) is 0 Å². The van der Waals surface area contributed by atoms with Crippen LogP contribution in [0.5, 0.6) is 5.75 Å². The maximum Gasteiger partial charge on any atom is 0.416 e. The lowest BCUT2D eigenvalue weighted by molar-refractivity contribution is -0.137.